The number of carbonyl (C=O) groups excluding carboxylic acids is 3. The number of aryl methyl sites for hydroxylation is 2. The summed E-state index contributed by atoms with van der Waals surface area (Å²) in [5.41, 5.74) is 6.51. The van der Waals surface area contributed by atoms with Crippen LogP contribution in [0.4, 0.5) is 5.69 Å². The van der Waals surface area contributed by atoms with Crippen LogP contribution >= 0.6 is 0 Å². The molecule has 4 aromatic rings. The Hall–Kier alpha value is -5.12. The van der Waals surface area contributed by atoms with Gasteiger partial charge < -0.3 is 25.0 Å². The molecule has 0 aliphatic heterocycles. The van der Waals surface area contributed by atoms with Crippen LogP contribution in [0.25, 0.3) is 17.1 Å². The zero-order valence-corrected chi connectivity index (χ0v) is 24.6. The second kappa shape index (κ2) is 13.0. The molecule has 3 aromatic carbocycles. The number of rotatable bonds is 10. The van der Waals surface area contributed by atoms with Crippen LogP contribution in [-0.2, 0) is 23.2 Å². The van der Waals surface area contributed by atoms with E-state index < -0.39 is 5.91 Å². The number of para-hydroxylation sites is 1. The van der Waals surface area contributed by atoms with Gasteiger partial charge in [0.05, 0.1) is 19.2 Å². The number of hydrogen-bond donors (Lipinski definition) is 2. The molecule has 4 rings (SSSR count). The Labute approximate surface area is 244 Å². The van der Waals surface area contributed by atoms with Gasteiger partial charge in [0.1, 0.15) is 17.9 Å². The molecule has 0 radical (unpaired) electrons. The van der Waals surface area contributed by atoms with Gasteiger partial charge in [-0.3, -0.25) is 19.0 Å². The van der Waals surface area contributed by atoms with Gasteiger partial charge in [-0.25, -0.2) is 0 Å². The van der Waals surface area contributed by atoms with Crippen LogP contribution in [0.3, 0.4) is 0 Å². The number of anilines is 1. The number of nitrogens with one attached hydrogen (secondary N) is 2. The van der Waals surface area contributed by atoms with E-state index in [-0.39, 0.29) is 25.0 Å². The minimum Gasteiger partial charge on any atom is -0.487 e. The number of fused-ring (bicyclic) bond motifs is 1. The van der Waals surface area contributed by atoms with Crippen LogP contribution in [0.1, 0.15) is 32.6 Å². The predicted octanol–water partition coefficient (Wildman–Crippen LogP) is 3.93. The molecule has 1 heterocycles. The molecule has 10 heteroatoms. The van der Waals surface area contributed by atoms with Crippen molar-refractivity contribution in [1.82, 2.24) is 20.2 Å². The van der Waals surface area contributed by atoms with E-state index in [1.807, 2.05) is 55.8 Å². The third kappa shape index (κ3) is 6.43. The van der Waals surface area contributed by atoms with E-state index in [1.54, 1.807) is 51.5 Å². The van der Waals surface area contributed by atoms with Crippen molar-refractivity contribution in [2.45, 2.75) is 20.5 Å². The molecular weight excluding hydrogens is 534 g/mol. The Bertz CT molecular complexity index is 1660. The molecule has 1 aromatic heterocycles. The monoisotopic (exact) mass is 569 g/mol. The standard InChI is InChI=1S/C32H35N5O5/c1-20-10-16-25(21(2)24(20)19-42-27-9-7-8-26-30(27)35-32(41-6)37(26)5)36(4)29(39)18-34-28(38)17-13-22-11-14-23(15-12-22)31(40)33-3/h7-17H,18-19H2,1-6H3,(H,33,40)(H,34,38). The quantitative estimate of drug-likeness (QED) is 0.280. The van der Waals surface area contributed by atoms with Crippen LogP contribution in [-0.4, -0.2) is 55.0 Å². The molecule has 2 N–H and O–H groups in total. The van der Waals surface area contributed by atoms with Crippen molar-refractivity contribution in [3.05, 3.63) is 88.5 Å². The van der Waals surface area contributed by atoms with Crippen LogP contribution in [0.2, 0.25) is 0 Å². The first kappa shape index (κ1) is 29.9. The number of benzene rings is 3. The van der Waals surface area contributed by atoms with Crippen LogP contribution in [0, 0.1) is 13.8 Å². The Morgan fingerprint density at radius 3 is 2.48 bits per heavy atom. The second-order valence-electron chi connectivity index (χ2n) is 9.78. The van der Waals surface area contributed by atoms with Gasteiger partial charge in [0.2, 0.25) is 11.8 Å². The summed E-state index contributed by atoms with van der Waals surface area (Å²) in [6, 6.07) is 16.9. The van der Waals surface area contributed by atoms with Gasteiger partial charge in [0.15, 0.2) is 0 Å². The highest BCUT2D eigenvalue weighted by molar-refractivity contribution is 5.99. The number of likely N-dealkylation sites (N-methyl/N-ethyl adjacent to an activating group) is 1. The van der Waals surface area contributed by atoms with Gasteiger partial charge >= 0.3 is 0 Å². The number of nitrogens with zero attached hydrogens (tertiary/aromatic N) is 3. The summed E-state index contributed by atoms with van der Waals surface area (Å²) < 4.78 is 13.4. The average Bonchev–Trinajstić information content (AvgIpc) is 3.34. The van der Waals surface area contributed by atoms with Crippen LogP contribution in [0.5, 0.6) is 11.8 Å². The van der Waals surface area contributed by atoms with Gasteiger partial charge in [0, 0.05) is 38.5 Å². The largest absolute Gasteiger partial charge is 0.487 e. The number of imidazole rings is 1. The van der Waals surface area contributed by atoms with Crippen molar-refractivity contribution in [3.8, 4) is 11.8 Å². The van der Waals surface area contributed by atoms with Crippen LogP contribution < -0.4 is 25.0 Å². The van der Waals surface area contributed by atoms with Crippen molar-refractivity contribution in [1.29, 1.82) is 0 Å². The molecule has 218 valence electrons. The summed E-state index contributed by atoms with van der Waals surface area (Å²) in [5, 5.41) is 5.20. The van der Waals surface area contributed by atoms with E-state index in [2.05, 4.69) is 15.6 Å². The zero-order valence-electron chi connectivity index (χ0n) is 24.6. The van der Waals surface area contributed by atoms with E-state index in [1.165, 1.54) is 11.0 Å². The first-order valence-electron chi connectivity index (χ1n) is 13.4. The predicted molar refractivity (Wildman–Crippen MR) is 163 cm³/mol. The number of carbonyl (C=O) groups is 3. The van der Waals surface area contributed by atoms with E-state index in [0.717, 1.165) is 33.5 Å². The topological polar surface area (TPSA) is 115 Å². The molecule has 42 heavy (non-hydrogen) atoms. The van der Waals surface area contributed by atoms with Gasteiger partial charge in [-0.05, 0) is 72.5 Å². The summed E-state index contributed by atoms with van der Waals surface area (Å²) >= 11 is 0. The molecule has 0 spiro atoms. The molecule has 0 bridgehead atoms. The van der Waals surface area contributed by atoms with E-state index >= 15 is 0 Å². The third-order valence-electron chi connectivity index (χ3n) is 7.17. The maximum Gasteiger partial charge on any atom is 0.296 e. The van der Waals surface area contributed by atoms with Crippen molar-refractivity contribution in [2.24, 2.45) is 7.05 Å². The maximum atomic E-state index is 13.0. The molecule has 0 atom stereocenters. The molecule has 0 aliphatic rings. The number of hydrogen-bond acceptors (Lipinski definition) is 6. The fraction of sp³-hybridized carbons (Fsp3) is 0.250. The van der Waals surface area contributed by atoms with Gasteiger partial charge in [-0.15, -0.1) is 0 Å². The first-order valence-corrected chi connectivity index (χ1v) is 13.4. The fourth-order valence-corrected chi connectivity index (χ4v) is 4.62. The lowest BCUT2D eigenvalue weighted by Gasteiger charge is -2.23. The van der Waals surface area contributed by atoms with E-state index in [0.29, 0.717) is 22.8 Å². The summed E-state index contributed by atoms with van der Waals surface area (Å²) in [6.45, 7) is 4.07. The molecule has 0 aliphatic carbocycles. The van der Waals surface area contributed by atoms with Crippen molar-refractivity contribution in [3.63, 3.8) is 0 Å². The molecular formula is C32H35N5O5. The lowest BCUT2D eigenvalue weighted by Crippen LogP contribution is -2.38. The molecule has 0 saturated heterocycles. The van der Waals surface area contributed by atoms with Crippen molar-refractivity contribution in [2.75, 3.05) is 32.6 Å². The molecule has 0 unspecified atom stereocenters. The fourth-order valence-electron chi connectivity index (χ4n) is 4.62. The minimum atomic E-state index is -0.401. The molecule has 0 saturated carbocycles. The average molecular weight is 570 g/mol. The number of amides is 3. The third-order valence-corrected chi connectivity index (χ3v) is 7.17. The summed E-state index contributed by atoms with van der Waals surface area (Å²) in [7, 11) is 6.71. The Kier molecular flexibility index (Phi) is 9.26. The summed E-state index contributed by atoms with van der Waals surface area (Å²) in [5.74, 6) is -0.214. The minimum absolute atomic E-state index is 0.169. The molecule has 10 nitrogen and oxygen atoms in total. The highest BCUT2D eigenvalue weighted by atomic mass is 16.5. The molecule has 3 amide bonds. The van der Waals surface area contributed by atoms with Crippen LogP contribution in [0.15, 0.2) is 60.7 Å². The SMILES string of the molecule is CNC(=O)c1ccc(C=CC(=O)NCC(=O)N(C)c2ccc(C)c(COc3cccc4c3nc(OC)n4C)c2C)cc1. The van der Waals surface area contributed by atoms with E-state index in [9.17, 15) is 14.4 Å². The van der Waals surface area contributed by atoms with Gasteiger partial charge in [0.25, 0.3) is 11.9 Å². The lowest BCUT2D eigenvalue weighted by molar-refractivity contribution is -0.122. The van der Waals surface area contributed by atoms with Gasteiger partial charge in [-0.2, -0.15) is 4.98 Å². The second-order valence-corrected chi connectivity index (χ2v) is 9.78. The summed E-state index contributed by atoms with van der Waals surface area (Å²) in [6.07, 6.45) is 2.97. The number of aromatic nitrogens is 2. The normalized spacial score (nSPS) is 11.0. The van der Waals surface area contributed by atoms with Gasteiger partial charge in [-0.1, -0.05) is 24.3 Å². The smallest absolute Gasteiger partial charge is 0.296 e. The van der Waals surface area contributed by atoms with E-state index in [4.69, 9.17) is 9.47 Å². The number of ether oxygens (including phenoxy) is 2. The highest BCUT2D eigenvalue weighted by Gasteiger charge is 2.18. The highest BCUT2D eigenvalue weighted by Crippen LogP contribution is 2.31. The Morgan fingerprint density at radius 1 is 1.05 bits per heavy atom. The number of methoxy groups -OCH3 is 1. The maximum absolute atomic E-state index is 13.0. The Balaban J connectivity index is 1.39. The Morgan fingerprint density at radius 2 is 1.79 bits per heavy atom. The zero-order chi connectivity index (χ0) is 30.4. The van der Waals surface area contributed by atoms with Crippen molar-refractivity contribution >= 4 is 40.5 Å². The molecule has 0 fully saturated rings. The summed E-state index contributed by atoms with van der Waals surface area (Å²) in [4.78, 5) is 43.1. The lowest BCUT2D eigenvalue weighted by atomic mass is 10.0. The first-order chi connectivity index (χ1) is 20.1. The van der Waals surface area contributed by atoms with Crippen molar-refractivity contribution < 1.29 is 23.9 Å².